The summed E-state index contributed by atoms with van der Waals surface area (Å²) in [5.74, 6) is 0.459. The van der Waals surface area contributed by atoms with Gasteiger partial charge in [0, 0.05) is 46.3 Å². The van der Waals surface area contributed by atoms with E-state index in [2.05, 4.69) is 15.1 Å². The van der Waals surface area contributed by atoms with Crippen LogP contribution < -0.4 is 5.32 Å². The first-order valence-corrected chi connectivity index (χ1v) is 9.62. The van der Waals surface area contributed by atoms with Gasteiger partial charge in [-0.3, -0.25) is 15.0 Å². The van der Waals surface area contributed by atoms with E-state index < -0.39 is 18.2 Å². The zero-order valence-corrected chi connectivity index (χ0v) is 16.0. The summed E-state index contributed by atoms with van der Waals surface area (Å²) < 4.78 is 0. The summed E-state index contributed by atoms with van der Waals surface area (Å²) in [6, 6.07) is 9.02. The highest BCUT2D eigenvalue weighted by atomic mass is 16.3. The highest BCUT2D eigenvalue weighted by Crippen LogP contribution is 2.27. The molecule has 0 bridgehead atoms. The van der Waals surface area contributed by atoms with Crippen LogP contribution in [0.4, 0.5) is 4.79 Å². The van der Waals surface area contributed by atoms with Gasteiger partial charge in [-0.25, -0.2) is 9.79 Å². The largest absolute Gasteiger partial charge is 0.395 e. The number of β-amino-alcohol motifs (C(OH)–C–C–N with tert-alkyl or cyclic N) is 1. The molecule has 0 aromatic heterocycles. The number of aliphatic imine (C=N–C) groups is 1. The summed E-state index contributed by atoms with van der Waals surface area (Å²) in [7, 11) is 1.67. The summed E-state index contributed by atoms with van der Waals surface area (Å²) in [4.78, 5) is 37.5. The molecule has 2 saturated heterocycles. The summed E-state index contributed by atoms with van der Waals surface area (Å²) in [6.45, 7) is 4.56. The van der Waals surface area contributed by atoms with Crippen molar-refractivity contribution in [3.63, 3.8) is 0 Å². The molecule has 2 fully saturated rings. The van der Waals surface area contributed by atoms with E-state index in [0.29, 0.717) is 13.1 Å². The SMILES string of the molecule is CN1C(=O)NC(=O)C2C1N=C(N1CCN(CCO)CC1)N2Cc1ccccc1. The van der Waals surface area contributed by atoms with Crippen LogP contribution in [0.2, 0.25) is 0 Å². The number of urea groups is 1. The van der Waals surface area contributed by atoms with Crippen molar-refractivity contribution in [1.29, 1.82) is 0 Å². The number of benzene rings is 1. The maximum atomic E-state index is 12.7. The molecule has 4 rings (SSSR count). The molecule has 1 aromatic carbocycles. The van der Waals surface area contributed by atoms with Crippen LogP contribution in [0.5, 0.6) is 0 Å². The van der Waals surface area contributed by atoms with Crippen LogP contribution in [0, 0.1) is 0 Å². The predicted octanol–water partition coefficient (Wildman–Crippen LogP) is -0.656. The fourth-order valence-corrected chi connectivity index (χ4v) is 4.04. The number of hydrogen-bond acceptors (Lipinski definition) is 7. The van der Waals surface area contributed by atoms with Crippen molar-refractivity contribution in [2.45, 2.75) is 18.8 Å². The lowest BCUT2D eigenvalue weighted by Gasteiger charge is -2.40. The number of amides is 3. The van der Waals surface area contributed by atoms with E-state index in [1.165, 1.54) is 4.90 Å². The summed E-state index contributed by atoms with van der Waals surface area (Å²) in [6.07, 6.45) is -0.518. The minimum Gasteiger partial charge on any atom is -0.395 e. The highest BCUT2D eigenvalue weighted by molar-refractivity contribution is 6.03. The number of nitrogens with one attached hydrogen (secondary N) is 1. The zero-order valence-electron chi connectivity index (χ0n) is 16.0. The Kier molecular flexibility index (Phi) is 5.19. The fraction of sp³-hybridized carbons (Fsp3) is 0.526. The number of nitrogens with zero attached hydrogens (tertiary/aromatic N) is 5. The minimum atomic E-state index is -0.534. The van der Waals surface area contributed by atoms with Crippen LogP contribution in [-0.4, -0.2) is 101 Å². The fourth-order valence-electron chi connectivity index (χ4n) is 4.04. The molecule has 3 aliphatic heterocycles. The van der Waals surface area contributed by atoms with Gasteiger partial charge in [-0.1, -0.05) is 30.3 Å². The standard InChI is InChI=1S/C19H26N6O3/c1-22-16-15(17(27)21-19(22)28)25(13-14-5-3-2-4-6-14)18(20-16)24-9-7-23(8-10-24)11-12-26/h2-6,15-16,26H,7-13H2,1H3,(H,21,27,28). The van der Waals surface area contributed by atoms with E-state index in [4.69, 9.17) is 10.1 Å². The third-order valence-electron chi connectivity index (χ3n) is 5.61. The van der Waals surface area contributed by atoms with Gasteiger partial charge in [-0.05, 0) is 5.56 Å². The number of rotatable bonds is 4. The van der Waals surface area contributed by atoms with E-state index in [9.17, 15) is 9.59 Å². The molecule has 3 heterocycles. The third-order valence-corrected chi connectivity index (χ3v) is 5.61. The van der Waals surface area contributed by atoms with Crippen LogP contribution in [0.15, 0.2) is 35.3 Å². The number of carbonyl (C=O) groups excluding carboxylic acids is 2. The van der Waals surface area contributed by atoms with Gasteiger partial charge in [0.15, 0.2) is 18.2 Å². The minimum absolute atomic E-state index is 0.151. The summed E-state index contributed by atoms with van der Waals surface area (Å²) in [5.41, 5.74) is 1.09. The van der Waals surface area contributed by atoms with E-state index in [0.717, 1.165) is 37.7 Å². The Morgan fingerprint density at radius 1 is 1.14 bits per heavy atom. The van der Waals surface area contributed by atoms with Crippen LogP contribution in [0.25, 0.3) is 0 Å². The number of imide groups is 1. The average molecular weight is 386 g/mol. The number of aliphatic hydroxyl groups excluding tert-OH is 1. The van der Waals surface area contributed by atoms with Gasteiger partial charge in [0.05, 0.1) is 6.61 Å². The summed E-state index contributed by atoms with van der Waals surface area (Å²) >= 11 is 0. The molecule has 0 radical (unpaired) electrons. The lowest BCUT2D eigenvalue weighted by Crippen LogP contribution is -2.64. The smallest absolute Gasteiger partial charge is 0.325 e. The Balaban J connectivity index is 1.60. The van der Waals surface area contributed by atoms with E-state index in [-0.39, 0.29) is 12.5 Å². The Hall–Kier alpha value is -2.65. The first-order chi connectivity index (χ1) is 13.6. The molecule has 0 spiro atoms. The molecule has 0 aliphatic carbocycles. The van der Waals surface area contributed by atoms with E-state index >= 15 is 0 Å². The Morgan fingerprint density at radius 2 is 1.86 bits per heavy atom. The maximum absolute atomic E-state index is 12.7. The zero-order chi connectivity index (χ0) is 19.7. The number of likely N-dealkylation sites (N-methyl/N-ethyl adjacent to an activating group) is 1. The molecule has 3 amide bonds. The van der Waals surface area contributed by atoms with Crippen LogP contribution in [0.3, 0.4) is 0 Å². The topological polar surface area (TPSA) is 91.7 Å². The molecule has 9 heteroatoms. The quantitative estimate of drug-likeness (QED) is 0.714. The first-order valence-electron chi connectivity index (χ1n) is 9.62. The van der Waals surface area contributed by atoms with Gasteiger partial charge in [-0.2, -0.15) is 0 Å². The average Bonchev–Trinajstić information content (AvgIpc) is 3.08. The molecule has 3 aliphatic rings. The van der Waals surface area contributed by atoms with Gasteiger partial charge in [-0.15, -0.1) is 0 Å². The van der Waals surface area contributed by atoms with Crippen molar-refractivity contribution in [3.05, 3.63) is 35.9 Å². The van der Waals surface area contributed by atoms with Crippen LogP contribution in [-0.2, 0) is 11.3 Å². The van der Waals surface area contributed by atoms with E-state index in [1.54, 1.807) is 7.05 Å². The third kappa shape index (κ3) is 3.43. The monoisotopic (exact) mass is 386 g/mol. The Morgan fingerprint density at radius 3 is 2.54 bits per heavy atom. The summed E-state index contributed by atoms with van der Waals surface area (Å²) in [5, 5.41) is 11.6. The van der Waals surface area contributed by atoms with Crippen LogP contribution in [0.1, 0.15) is 5.56 Å². The van der Waals surface area contributed by atoms with Crippen molar-refractivity contribution < 1.29 is 14.7 Å². The van der Waals surface area contributed by atoms with Gasteiger partial charge < -0.3 is 19.8 Å². The number of piperazine rings is 1. The molecule has 2 unspecified atom stereocenters. The molecule has 2 N–H and O–H groups in total. The van der Waals surface area contributed by atoms with Crippen molar-refractivity contribution in [3.8, 4) is 0 Å². The van der Waals surface area contributed by atoms with Crippen molar-refractivity contribution in [1.82, 2.24) is 24.9 Å². The molecule has 28 heavy (non-hydrogen) atoms. The number of fused-ring (bicyclic) bond motifs is 1. The predicted molar refractivity (Wildman–Crippen MR) is 103 cm³/mol. The van der Waals surface area contributed by atoms with Gasteiger partial charge in [0.2, 0.25) is 0 Å². The van der Waals surface area contributed by atoms with Crippen LogP contribution >= 0.6 is 0 Å². The number of hydrogen-bond donors (Lipinski definition) is 2. The second kappa shape index (κ2) is 7.76. The van der Waals surface area contributed by atoms with Crippen molar-refractivity contribution in [2.24, 2.45) is 4.99 Å². The van der Waals surface area contributed by atoms with E-state index in [1.807, 2.05) is 35.2 Å². The Bertz CT molecular complexity index is 762. The van der Waals surface area contributed by atoms with Gasteiger partial charge in [0.25, 0.3) is 5.91 Å². The lowest BCUT2D eigenvalue weighted by molar-refractivity contribution is -0.127. The number of guanidine groups is 1. The maximum Gasteiger partial charge on any atom is 0.325 e. The Labute approximate surface area is 164 Å². The molecule has 0 saturated carbocycles. The molecular weight excluding hydrogens is 360 g/mol. The highest BCUT2D eigenvalue weighted by Gasteiger charge is 2.49. The molecule has 1 aromatic rings. The number of aliphatic hydroxyl groups is 1. The van der Waals surface area contributed by atoms with Crippen molar-refractivity contribution in [2.75, 3.05) is 46.4 Å². The molecule has 150 valence electrons. The van der Waals surface area contributed by atoms with Crippen molar-refractivity contribution >= 4 is 17.9 Å². The number of carbonyl (C=O) groups is 2. The van der Waals surface area contributed by atoms with Gasteiger partial charge >= 0.3 is 6.03 Å². The first kappa shape index (κ1) is 18.7. The molecular formula is C19H26N6O3. The normalized spacial score (nSPS) is 25.6. The molecule has 9 nitrogen and oxygen atoms in total. The second-order valence-corrected chi connectivity index (χ2v) is 7.36. The second-order valence-electron chi connectivity index (χ2n) is 7.36. The van der Waals surface area contributed by atoms with Gasteiger partial charge in [0.1, 0.15) is 0 Å². The molecule has 2 atom stereocenters. The lowest BCUT2D eigenvalue weighted by atomic mass is 10.1.